The largest absolute Gasteiger partial charge is 0.417 e. The number of ether oxygens (including phenoxy) is 2. The average Bonchev–Trinajstić information content (AvgIpc) is 3.48. The summed E-state index contributed by atoms with van der Waals surface area (Å²) in [6, 6.07) is 13.0. The number of amides is 2. The first kappa shape index (κ1) is 23.8. The van der Waals surface area contributed by atoms with Gasteiger partial charge in [0.1, 0.15) is 23.4 Å². The van der Waals surface area contributed by atoms with Crippen molar-refractivity contribution < 1.29 is 23.5 Å². The summed E-state index contributed by atoms with van der Waals surface area (Å²) in [4.78, 5) is 29.4. The number of anilines is 1. The Kier molecular flexibility index (Phi) is 4.80. The van der Waals surface area contributed by atoms with E-state index in [0.29, 0.717) is 29.7 Å². The maximum atomic E-state index is 14.1. The van der Waals surface area contributed by atoms with Gasteiger partial charge < -0.3 is 13.9 Å². The van der Waals surface area contributed by atoms with Crippen LogP contribution in [0.2, 0.25) is 18.1 Å². The number of epoxide rings is 1. The highest BCUT2D eigenvalue weighted by Crippen LogP contribution is 2.69. The molecule has 6 atom stereocenters. The van der Waals surface area contributed by atoms with Gasteiger partial charge in [0, 0.05) is 23.8 Å². The van der Waals surface area contributed by atoms with Crippen LogP contribution in [-0.2, 0) is 23.5 Å². The van der Waals surface area contributed by atoms with E-state index in [1.807, 2.05) is 31.2 Å². The van der Waals surface area contributed by atoms with Crippen molar-refractivity contribution in [2.45, 2.75) is 75.7 Å². The molecule has 0 aromatic heterocycles. The smallest absolute Gasteiger partial charge is 0.240 e. The Hall–Kier alpha value is -2.57. The summed E-state index contributed by atoms with van der Waals surface area (Å²) < 4.78 is 19.1. The van der Waals surface area contributed by atoms with Crippen LogP contribution in [0.25, 0.3) is 10.8 Å². The van der Waals surface area contributed by atoms with E-state index in [1.165, 1.54) is 4.90 Å². The molecule has 4 heterocycles. The van der Waals surface area contributed by atoms with Gasteiger partial charge in [-0.2, -0.15) is 5.26 Å². The van der Waals surface area contributed by atoms with Crippen LogP contribution in [0.5, 0.6) is 0 Å². The molecular formula is C28H32N2O5Si. The minimum atomic E-state index is -1.99. The number of rotatable bonds is 5. The van der Waals surface area contributed by atoms with Crippen molar-refractivity contribution >= 4 is 36.6 Å². The van der Waals surface area contributed by atoms with E-state index in [1.54, 1.807) is 12.1 Å². The van der Waals surface area contributed by atoms with Gasteiger partial charge in [0.05, 0.1) is 29.2 Å². The van der Waals surface area contributed by atoms with E-state index in [9.17, 15) is 14.9 Å². The molecule has 0 saturated carbocycles. The highest BCUT2D eigenvalue weighted by atomic mass is 28.4. The van der Waals surface area contributed by atoms with E-state index in [2.05, 4.69) is 39.9 Å². The molecule has 188 valence electrons. The van der Waals surface area contributed by atoms with Gasteiger partial charge in [-0.1, -0.05) is 45.0 Å². The first-order valence-corrected chi connectivity index (χ1v) is 15.6. The number of carbonyl (C=O) groups is 2. The number of hydrogen-bond donors (Lipinski definition) is 0. The molecule has 0 N–H and O–H groups in total. The van der Waals surface area contributed by atoms with Crippen LogP contribution in [0.3, 0.4) is 0 Å². The predicted octanol–water partition coefficient (Wildman–Crippen LogP) is 4.54. The Morgan fingerprint density at radius 1 is 1.06 bits per heavy atom. The zero-order valence-corrected chi connectivity index (χ0v) is 22.6. The van der Waals surface area contributed by atoms with Crippen LogP contribution < -0.4 is 4.90 Å². The van der Waals surface area contributed by atoms with Crippen LogP contribution in [0.1, 0.15) is 39.7 Å². The summed E-state index contributed by atoms with van der Waals surface area (Å²) in [5.74, 6) is -1.71. The van der Waals surface area contributed by atoms with Crippen molar-refractivity contribution in [3.63, 3.8) is 0 Å². The molecule has 36 heavy (non-hydrogen) atoms. The third kappa shape index (κ3) is 2.88. The van der Waals surface area contributed by atoms with Crippen LogP contribution in [0.15, 0.2) is 36.4 Å². The van der Waals surface area contributed by atoms with E-state index in [0.717, 1.165) is 5.39 Å². The average molecular weight is 505 g/mol. The molecule has 0 aliphatic carbocycles. The first-order chi connectivity index (χ1) is 16.9. The standard InChI is InChI=1S/C28H32N2O5Si/c1-26(2,3)36(5,6)33-14-13-28-21-20(27(4,35-28)22-23(28)34-22)24(31)30(25(21)32)19-12-11-16(15-29)17-9-7-8-10-18(17)19/h7-12,20-23H,13-14H2,1-6H3. The highest BCUT2D eigenvalue weighted by Gasteiger charge is 2.86. The number of benzene rings is 2. The quantitative estimate of drug-likeness (QED) is 0.337. The van der Waals surface area contributed by atoms with Gasteiger partial charge in [0.25, 0.3) is 0 Å². The molecule has 0 radical (unpaired) electrons. The Morgan fingerprint density at radius 2 is 1.72 bits per heavy atom. The zero-order chi connectivity index (χ0) is 25.8. The Labute approximate surface area is 212 Å². The Balaban J connectivity index is 1.37. The van der Waals surface area contributed by atoms with Gasteiger partial charge in [-0.3, -0.25) is 9.59 Å². The molecule has 6 rings (SSSR count). The van der Waals surface area contributed by atoms with Crippen LogP contribution in [0.4, 0.5) is 5.69 Å². The summed E-state index contributed by atoms with van der Waals surface area (Å²) >= 11 is 0. The van der Waals surface area contributed by atoms with Crippen LogP contribution in [-0.4, -0.2) is 50.1 Å². The lowest BCUT2D eigenvalue weighted by Crippen LogP contribution is -2.49. The first-order valence-electron chi connectivity index (χ1n) is 12.7. The molecule has 7 nitrogen and oxygen atoms in total. The molecule has 2 aromatic carbocycles. The maximum absolute atomic E-state index is 14.1. The molecule has 2 bridgehead atoms. The van der Waals surface area contributed by atoms with E-state index >= 15 is 0 Å². The van der Waals surface area contributed by atoms with E-state index in [-0.39, 0.29) is 29.1 Å². The Bertz CT molecular complexity index is 1360. The molecule has 8 heteroatoms. The number of nitrogens with zero attached hydrogens (tertiary/aromatic N) is 2. The highest BCUT2D eigenvalue weighted by molar-refractivity contribution is 6.74. The molecular weight excluding hydrogens is 472 g/mol. The number of hydrogen-bond acceptors (Lipinski definition) is 6. The third-order valence-electron chi connectivity index (χ3n) is 9.42. The molecule has 4 aliphatic rings. The SMILES string of the molecule is CC12OC(CCO[Si](C)(C)C(C)(C)C)(C3OC31)C1C(=O)N(c3ccc(C#N)c4ccccc34)C(=O)C12. The number of nitriles is 1. The van der Waals surface area contributed by atoms with Gasteiger partial charge in [-0.15, -0.1) is 0 Å². The molecule has 4 fully saturated rings. The van der Waals surface area contributed by atoms with Crippen molar-refractivity contribution in [2.75, 3.05) is 11.5 Å². The van der Waals surface area contributed by atoms with Gasteiger partial charge >= 0.3 is 0 Å². The second-order valence-corrected chi connectivity index (χ2v) is 17.1. The fourth-order valence-corrected chi connectivity index (χ4v) is 7.55. The minimum absolute atomic E-state index is 0.0686. The monoisotopic (exact) mass is 504 g/mol. The summed E-state index contributed by atoms with van der Waals surface area (Å²) in [6.07, 6.45) is 0.139. The minimum Gasteiger partial charge on any atom is -0.417 e. The second kappa shape index (κ2) is 7.26. The van der Waals surface area contributed by atoms with Crippen molar-refractivity contribution in [1.82, 2.24) is 0 Å². The van der Waals surface area contributed by atoms with Crippen LogP contribution in [0, 0.1) is 23.2 Å². The maximum Gasteiger partial charge on any atom is 0.240 e. The second-order valence-electron chi connectivity index (χ2n) is 12.3. The van der Waals surface area contributed by atoms with Crippen LogP contribution >= 0.6 is 0 Å². The molecule has 0 spiro atoms. The summed E-state index contributed by atoms with van der Waals surface area (Å²) in [5, 5.41) is 11.1. The molecule has 6 unspecified atom stereocenters. The van der Waals surface area contributed by atoms with Gasteiger partial charge in [-0.25, -0.2) is 4.90 Å². The summed E-state index contributed by atoms with van der Waals surface area (Å²) in [5.41, 5.74) is -0.663. The van der Waals surface area contributed by atoms with E-state index in [4.69, 9.17) is 13.9 Å². The summed E-state index contributed by atoms with van der Waals surface area (Å²) in [6.45, 7) is 13.4. The van der Waals surface area contributed by atoms with Gasteiger partial charge in [-0.05, 0) is 37.2 Å². The topological polar surface area (TPSA) is 92.2 Å². The predicted molar refractivity (Wildman–Crippen MR) is 137 cm³/mol. The molecule has 4 saturated heterocycles. The molecule has 2 aromatic rings. The number of fused-ring (bicyclic) bond motifs is 9. The normalized spacial score (nSPS) is 34.8. The van der Waals surface area contributed by atoms with Gasteiger partial charge in [0.2, 0.25) is 11.8 Å². The lowest BCUT2D eigenvalue weighted by atomic mass is 9.67. The molecule has 2 amide bonds. The lowest BCUT2D eigenvalue weighted by Gasteiger charge is -2.38. The van der Waals surface area contributed by atoms with Crippen molar-refractivity contribution in [1.29, 1.82) is 5.26 Å². The lowest BCUT2D eigenvalue weighted by molar-refractivity contribution is -0.145. The fraction of sp³-hybridized carbons (Fsp3) is 0.536. The molecule has 4 aliphatic heterocycles. The zero-order valence-electron chi connectivity index (χ0n) is 21.6. The third-order valence-corrected chi connectivity index (χ3v) is 14.0. The fourth-order valence-electron chi connectivity index (χ4n) is 6.51. The number of imide groups is 1. The van der Waals surface area contributed by atoms with E-state index < -0.39 is 31.4 Å². The summed E-state index contributed by atoms with van der Waals surface area (Å²) in [7, 11) is -1.99. The van der Waals surface area contributed by atoms with Crippen molar-refractivity contribution in [2.24, 2.45) is 11.8 Å². The number of carbonyl (C=O) groups excluding carboxylic acids is 2. The Morgan fingerprint density at radius 3 is 2.39 bits per heavy atom. The van der Waals surface area contributed by atoms with Crippen molar-refractivity contribution in [3.8, 4) is 6.07 Å². The van der Waals surface area contributed by atoms with Crippen molar-refractivity contribution in [3.05, 3.63) is 42.0 Å². The van der Waals surface area contributed by atoms with Gasteiger partial charge in [0.15, 0.2) is 8.32 Å².